The number of sulfonamides is 1. The van der Waals surface area contributed by atoms with Gasteiger partial charge >= 0.3 is 5.97 Å². The first-order valence-corrected chi connectivity index (χ1v) is 8.14. The molecule has 0 heterocycles. The molecule has 1 rings (SSSR count). The molecule has 0 unspecified atom stereocenters. The number of hydrogen-bond acceptors (Lipinski definition) is 4. The molecule has 0 amide bonds. The Balaban J connectivity index is 3.22. The Morgan fingerprint density at radius 2 is 2.05 bits per heavy atom. The van der Waals surface area contributed by atoms with E-state index in [4.69, 9.17) is 16.3 Å². The molecule has 0 spiro atoms. The molecular formula is C13H17ClFNO4S. The molecule has 0 saturated carbocycles. The Morgan fingerprint density at radius 3 is 2.57 bits per heavy atom. The van der Waals surface area contributed by atoms with E-state index >= 15 is 0 Å². The Bertz CT molecular complexity index is 619. The van der Waals surface area contributed by atoms with Crippen LogP contribution in [0.5, 0.6) is 0 Å². The molecule has 0 radical (unpaired) electrons. The van der Waals surface area contributed by atoms with Gasteiger partial charge in [0.2, 0.25) is 10.0 Å². The Labute approximate surface area is 128 Å². The number of hydrogen-bond donors (Lipinski definition) is 0. The van der Waals surface area contributed by atoms with E-state index in [9.17, 15) is 17.6 Å². The third kappa shape index (κ3) is 4.39. The number of halogens is 2. The molecule has 0 aliphatic heterocycles. The second kappa shape index (κ2) is 7.20. The van der Waals surface area contributed by atoms with Gasteiger partial charge in [0.05, 0.1) is 11.6 Å². The van der Waals surface area contributed by atoms with Crippen LogP contribution >= 0.6 is 11.6 Å². The molecule has 5 nitrogen and oxygen atoms in total. The number of ether oxygens (including phenoxy) is 1. The lowest BCUT2D eigenvalue weighted by Gasteiger charge is -2.25. The fourth-order valence-electron chi connectivity index (χ4n) is 1.68. The van der Waals surface area contributed by atoms with Crippen LogP contribution in [0, 0.1) is 5.82 Å². The van der Waals surface area contributed by atoms with Gasteiger partial charge < -0.3 is 4.74 Å². The van der Waals surface area contributed by atoms with E-state index in [1.807, 2.05) is 0 Å². The lowest BCUT2D eigenvalue weighted by molar-refractivity contribution is -0.143. The van der Waals surface area contributed by atoms with Crippen molar-refractivity contribution in [2.24, 2.45) is 0 Å². The molecule has 0 aliphatic carbocycles. The molecule has 0 saturated heterocycles. The highest BCUT2D eigenvalue weighted by Gasteiger charge is 2.31. The molecule has 0 fully saturated rings. The van der Waals surface area contributed by atoms with E-state index < -0.39 is 34.4 Å². The monoisotopic (exact) mass is 337 g/mol. The first kappa shape index (κ1) is 17.9. The molecule has 1 aromatic carbocycles. The maximum Gasteiger partial charge on any atom is 0.321 e. The average molecular weight is 338 g/mol. The normalized spacial score (nSPS) is 12.0. The van der Waals surface area contributed by atoms with Crippen molar-refractivity contribution in [1.82, 2.24) is 4.31 Å². The number of benzene rings is 1. The van der Waals surface area contributed by atoms with Gasteiger partial charge in [0, 0.05) is 6.04 Å². The summed E-state index contributed by atoms with van der Waals surface area (Å²) in [6.07, 6.45) is 0. The smallest absolute Gasteiger partial charge is 0.321 e. The lowest BCUT2D eigenvalue weighted by Crippen LogP contribution is -2.41. The first-order chi connectivity index (χ1) is 9.70. The van der Waals surface area contributed by atoms with Crippen LogP contribution in [0.25, 0.3) is 0 Å². The Hall–Kier alpha value is -1.18. The second-order valence-electron chi connectivity index (χ2n) is 4.52. The van der Waals surface area contributed by atoms with E-state index in [1.165, 1.54) is 0 Å². The zero-order chi connectivity index (χ0) is 16.2. The van der Waals surface area contributed by atoms with Gasteiger partial charge in [-0.1, -0.05) is 11.6 Å². The maximum atomic E-state index is 13.3. The van der Waals surface area contributed by atoms with Crippen LogP contribution in [0.4, 0.5) is 4.39 Å². The predicted octanol–water partition coefficient (Wildman–Crippen LogP) is 2.44. The van der Waals surface area contributed by atoms with Crippen molar-refractivity contribution in [1.29, 1.82) is 0 Å². The largest absolute Gasteiger partial charge is 0.465 e. The van der Waals surface area contributed by atoms with E-state index in [-0.39, 0.29) is 16.5 Å². The molecule has 1 aromatic rings. The quantitative estimate of drug-likeness (QED) is 0.748. The summed E-state index contributed by atoms with van der Waals surface area (Å²) in [4.78, 5) is 11.2. The minimum atomic E-state index is -4.11. The molecular weight excluding hydrogens is 321 g/mol. The van der Waals surface area contributed by atoms with Crippen LogP contribution in [0.2, 0.25) is 5.02 Å². The number of carbonyl (C=O) groups excluding carboxylic acids is 1. The highest BCUT2D eigenvalue weighted by atomic mass is 35.5. The van der Waals surface area contributed by atoms with Crippen LogP contribution < -0.4 is 0 Å². The number of rotatable bonds is 6. The summed E-state index contributed by atoms with van der Waals surface area (Å²) in [5.74, 6) is -1.40. The lowest BCUT2D eigenvalue weighted by atomic mass is 10.3. The topological polar surface area (TPSA) is 63.7 Å². The highest BCUT2D eigenvalue weighted by molar-refractivity contribution is 7.89. The summed E-state index contributed by atoms with van der Waals surface area (Å²) in [5, 5.41) is -0.106. The van der Waals surface area contributed by atoms with Crippen LogP contribution in [-0.2, 0) is 19.6 Å². The third-order valence-electron chi connectivity index (χ3n) is 2.65. The summed E-state index contributed by atoms with van der Waals surface area (Å²) in [5.41, 5.74) is 0. The van der Waals surface area contributed by atoms with E-state index in [1.54, 1.807) is 20.8 Å². The second-order valence-corrected chi connectivity index (χ2v) is 6.79. The standard InChI is InChI=1S/C13H17ClFNO4S/c1-4-20-13(17)8-16(9(2)3)21(18,19)12-7-10(15)5-6-11(12)14/h5-7,9H,4,8H2,1-3H3. The van der Waals surface area contributed by atoms with Gasteiger partial charge in [-0.25, -0.2) is 12.8 Å². The van der Waals surface area contributed by atoms with E-state index in [0.717, 1.165) is 22.5 Å². The van der Waals surface area contributed by atoms with Crippen LogP contribution in [0.15, 0.2) is 23.1 Å². The molecule has 0 aliphatic rings. The van der Waals surface area contributed by atoms with Gasteiger partial charge in [-0.15, -0.1) is 0 Å². The van der Waals surface area contributed by atoms with Crippen molar-refractivity contribution in [3.63, 3.8) is 0 Å². The summed E-state index contributed by atoms with van der Waals surface area (Å²) in [6.45, 7) is 4.51. The molecule has 0 bridgehead atoms. The summed E-state index contributed by atoms with van der Waals surface area (Å²) < 4.78 is 44.1. The van der Waals surface area contributed by atoms with Crippen molar-refractivity contribution < 1.29 is 22.3 Å². The number of esters is 1. The fourth-order valence-corrected chi connectivity index (χ4v) is 3.75. The van der Waals surface area contributed by atoms with Crippen LogP contribution in [0.1, 0.15) is 20.8 Å². The van der Waals surface area contributed by atoms with Gasteiger partial charge in [-0.2, -0.15) is 4.31 Å². The van der Waals surface area contributed by atoms with Gasteiger partial charge in [0.25, 0.3) is 0 Å². The predicted molar refractivity (Wildman–Crippen MR) is 77.1 cm³/mol. The zero-order valence-corrected chi connectivity index (χ0v) is 13.5. The van der Waals surface area contributed by atoms with Gasteiger partial charge in [-0.05, 0) is 39.0 Å². The van der Waals surface area contributed by atoms with Crippen molar-refractivity contribution in [2.45, 2.75) is 31.7 Å². The molecule has 8 heteroatoms. The van der Waals surface area contributed by atoms with Crippen molar-refractivity contribution in [2.75, 3.05) is 13.2 Å². The molecule has 0 atom stereocenters. The van der Waals surface area contributed by atoms with Crippen molar-refractivity contribution in [3.8, 4) is 0 Å². The molecule has 118 valence electrons. The Kier molecular flexibility index (Phi) is 6.12. The molecule has 21 heavy (non-hydrogen) atoms. The molecule has 0 N–H and O–H groups in total. The highest BCUT2D eigenvalue weighted by Crippen LogP contribution is 2.26. The zero-order valence-electron chi connectivity index (χ0n) is 12.0. The van der Waals surface area contributed by atoms with Crippen LogP contribution in [0.3, 0.4) is 0 Å². The van der Waals surface area contributed by atoms with E-state index in [2.05, 4.69) is 0 Å². The van der Waals surface area contributed by atoms with Crippen molar-refractivity contribution >= 4 is 27.6 Å². The summed E-state index contributed by atoms with van der Waals surface area (Å²) >= 11 is 5.84. The summed E-state index contributed by atoms with van der Waals surface area (Å²) in [6, 6.07) is 2.54. The van der Waals surface area contributed by atoms with Gasteiger partial charge in [0.15, 0.2) is 0 Å². The fraction of sp³-hybridized carbons (Fsp3) is 0.462. The molecule has 0 aromatic heterocycles. The first-order valence-electron chi connectivity index (χ1n) is 6.32. The third-order valence-corrected chi connectivity index (χ3v) is 5.15. The number of carbonyl (C=O) groups is 1. The SMILES string of the molecule is CCOC(=O)CN(C(C)C)S(=O)(=O)c1cc(F)ccc1Cl. The minimum absolute atomic E-state index is 0.106. The van der Waals surface area contributed by atoms with Crippen molar-refractivity contribution in [3.05, 3.63) is 29.0 Å². The minimum Gasteiger partial charge on any atom is -0.465 e. The van der Waals surface area contributed by atoms with Gasteiger partial charge in [-0.3, -0.25) is 4.79 Å². The van der Waals surface area contributed by atoms with Crippen LogP contribution in [-0.4, -0.2) is 37.9 Å². The number of nitrogens with zero attached hydrogens (tertiary/aromatic N) is 1. The maximum absolute atomic E-state index is 13.3. The van der Waals surface area contributed by atoms with E-state index in [0.29, 0.717) is 0 Å². The van der Waals surface area contributed by atoms with Gasteiger partial charge in [0.1, 0.15) is 17.3 Å². The Morgan fingerprint density at radius 1 is 1.43 bits per heavy atom. The average Bonchev–Trinajstić information content (AvgIpc) is 2.38. The summed E-state index contributed by atoms with van der Waals surface area (Å²) in [7, 11) is -4.11.